The van der Waals surface area contributed by atoms with Gasteiger partial charge in [-0.2, -0.15) is 0 Å². The zero-order valence-electron chi connectivity index (χ0n) is 29.2. The van der Waals surface area contributed by atoms with E-state index in [1.54, 1.807) is 0 Å². The second-order valence-corrected chi connectivity index (χ2v) is 14.4. The van der Waals surface area contributed by atoms with Crippen molar-refractivity contribution in [1.29, 1.82) is 0 Å². The van der Waals surface area contributed by atoms with Crippen LogP contribution in [-0.2, 0) is 5.41 Å². The lowest BCUT2D eigenvalue weighted by Gasteiger charge is -2.22. The van der Waals surface area contributed by atoms with Crippen molar-refractivity contribution in [2.45, 2.75) is 19.3 Å². The lowest BCUT2D eigenvalue weighted by Crippen LogP contribution is -2.14. The summed E-state index contributed by atoms with van der Waals surface area (Å²) in [5.41, 5.74) is 18.2. The van der Waals surface area contributed by atoms with Gasteiger partial charge < -0.3 is 4.57 Å². The van der Waals surface area contributed by atoms with E-state index in [-0.39, 0.29) is 5.41 Å². The molecule has 2 heterocycles. The molecule has 2 nitrogen and oxygen atoms in total. The zero-order valence-corrected chi connectivity index (χ0v) is 29.2. The maximum atomic E-state index is 4.70. The van der Waals surface area contributed by atoms with E-state index in [9.17, 15) is 0 Å². The van der Waals surface area contributed by atoms with E-state index in [1.807, 2.05) is 12.4 Å². The van der Waals surface area contributed by atoms with Crippen LogP contribution in [0.4, 0.5) is 0 Å². The van der Waals surface area contributed by atoms with Gasteiger partial charge in [-0.3, -0.25) is 4.98 Å². The fourth-order valence-corrected chi connectivity index (χ4v) is 8.57. The molecule has 9 aromatic rings. The molecule has 0 amide bonds. The van der Waals surface area contributed by atoms with Gasteiger partial charge in [-0.25, -0.2) is 0 Å². The highest BCUT2D eigenvalue weighted by molar-refractivity contribution is 6.14. The maximum Gasteiger partial charge on any atom is 0.0619 e. The van der Waals surface area contributed by atoms with Crippen molar-refractivity contribution in [1.82, 2.24) is 9.55 Å². The quantitative estimate of drug-likeness (QED) is 0.179. The minimum Gasteiger partial charge on any atom is -0.309 e. The van der Waals surface area contributed by atoms with E-state index < -0.39 is 0 Å². The predicted octanol–water partition coefficient (Wildman–Crippen LogP) is 13.2. The first-order valence-corrected chi connectivity index (χ1v) is 18.0. The molecule has 0 N–H and O–H groups in total. The Labute approximate surface area is 304 Å². The number of para-hydroxylation sites is 2. The van der Waals surface area contributed by atoms with Gasteiger partial charge in [0.2, 0.25) is 0 Å². The Morgan fingerprint density at radius 1 is 0.423 bits per heavy atom. The molecule has 246 valence electrons. The molecule has 0 saturated carbocycles. The second-order valence-electron chi connectivity index (χ2n) is 14.4. The van der Waals surface area contributed by atoms with Gasteiger partial charge in [0.1, 0.15) is 0 Å². The highest BCUT2D eigenvalue weighted by Gasteiger charge is 2.35. The molecule has 0 spiro atoms. The van der Waals surface area contributed by atoms with Crippen molar-refractivity contribution in [3.8, 4) is 61.3 Å². The van der Waals surface area contributed by atoms with Crippen LogP contribution in [0.15, 0.2) is 182 Å². The molecule has 1 aliphatic carbocycles. The van der Waals surface area contributed by atoms with Crippen LogP contribution >= 0.6 is 0 Å². The fraction of sp³-hybridized carbons (Fsp3) is 0.0600. The summed E-state index contributed by atoms with van der Waals surface area (Å²) in [6, 6.07) is 62.0. The minimum absolute atomic E-state index is 0.0863. The van der Waals surface area contributed by atoms with E-state index in [1.165, 1.54) is 83.0 Å². The van der Waals surface area contributed by atoms with Crippen LogP contribution in [0.25, 0.3) is 83.1 Å². The first kappa shape index (κ1) is 30.3. The Morgan fingerprint density at radius 2 is 1.06 bits per heavy atom. The summed E-state index contributed by atoms with van der Waals surface area (Å²) in [5.74, 6) is 0. The average Bonchev–Trinajstić information content (AvgIpc) is 3.67. The van der Waals surface area contributed by atoms with Crippen LogP contribution in [0.5, 0.6) is 0 Å². The molecule has 0 fully saturated rings. The number of rotatable bonds is 5. The van der Waals surface area contributed by atoms with Gasteiger partial charge in [-0.15, -0.1) is 0 Å². The Bertz CT molecular complexity index is 2750. The Morgan fingerprint density at radius 3 is 1.83 bits per heavy atom. The third kappa shape index (κ3) is 4.68. The maximum absolute atomic E-state index is 4.70. The summed E-state index contributed by atoms with van der Waals surface area (Å²) >= 11 is 0. The number of hydrogen-bond acceptors (Lipinski definition) is 1. The molecule has 0 radical (unpaired) electrons. The summed E-state index contributed by atoms with van der Waals surface area (Å²) in [6.07, 6.45) is 3.98. The summed E-state index contributed by atoms with van der Waals surface area (Å²) in [7, 11) is 0. The van der Waals surface area contributed by atoms with Crippen LogP contribution in [0.2, 0.25) is 0 Å². The molecule has 2 heteroatoms. The Balaban J connectivity index is 1.23. The highest BCUT2D eigenvalue weighted by atomic mass is 15.0. The molecule has 7 aromatic carbocycles. The topological polar surface area (TPSA) is 17.8 Å². The van der Waals surface area contributed by atoms with Gasteiger partial charge in [0, 0.05) is 45.4 Å². The lowest BCUT2D eigenvalue weighted by atomic mass is 9.81. The summed E-state index contributed by atoms with van der Waals surface area (Å²) in [4.78, 5) is 4.70. The summed E-state index contributed by atoms with van der Waals surface area (Å²) in [5, 5.41) is 2.46. The van der Waals surface area contributed by atoms with Gasteiger partial charge in [0.25, 0.3) is 0 Å². The number of fused-ring (bicyclic) bond motifs is 6. The Kier molecular flexibility index (Phi) is 6.87. The van der Waals surface area contributed by atoms with Crippen LogP contribution < -0.4 is 0 Å². The van der Waals surface area contributed by atoms with Gasteiger partial charge in [-0.1, -0.05) is 147 Å². The highest BCUT2D eigenvalue weighted by Crippen LogP contribution is 2.50. The monoisotopic (exact) mass is 664 g/mol. The van der Waals surface area contributed by atoms with E-state index in [0.29, 0.717) is 0 Å². The number of hydrogen-bond donors (Lipinski definition) is 0. The van der Waals surface area contributed by atoms with Crippen molar-refractivity contribution < 1.29 is 0 Å². The average molecular weight is 665 g/mol. The molecule has 52 heavy (non-hydrogen) atoms. The summed E-state index contributed by atoms with van der Waals surface area (Å²) in [6.45, 7) is 4.69. The molecule has 0 bridgehead atoms. The van der Waals surface area contributed by atoms with Gasteiger partial charge in [0.05, 0.1) is 11.0 Å². The SMILES string of the molecule is CC1(C)c2ccccc2-c2ccc(-c3cnccc3-c3cccc4c5ccccc5n(-c5cc(-c6ccccc6)cc(-c6ccccc6)c5)c34)cc21. The normalized spacial score (nSPS) is 13.0. The smallest absolute Gasteiger partial charge is 0.0619 e. The third-order valence-electron chi connectivity index (χ3n) is 11.1. The van der Waals surface area contributed by atoms with Crippen molar-refractivity contribution in [3.05, 3.63) is 193 Å². The van der Waals surface area contributed by atoms with Crippen LogP contribution in [-0.4, -0.2) is 9.55 Å². The van der Waals surface area contributed by atoms with Crippen LogP contribution in [0, 0.1) is 0 Å². The fourth-order valence-electron chi connectivity index (χ4n) is 8.57. The van der Waals surface area contributed by atoms with Crippen molar-refractivity contribution in [3.63, 3.8) is 0 Å². The van der Waals surface area contributed by atoms with E-state index in [0.717, 1.165) is 11.3 Å². The van der Waals surface area contributed by atoms with Crippen molar-refractivity contribution >= 4 is 21.8 Å². The molecular weight excluding hydrogens is 629 g/mol. The molecule has 0 aliphatic heterocycles. The van der Waals surface area contributed by atoms with Crippen molar-refractivity contribution in [2.24, 2.45) is 0 Å². The molecular formula is C50H36N2. The molecule has 1 aliphatic rings. The second kappa shape index (κ2) is 11.8. The minimum atomic E-state index is -0.0863. The first-order valence-electron chi connectivity index (χ1n) is 18.0. The predicted molar refractivity (Wildman–Crippen MR) is 218 cm³/mol. The van der Waals surface area contributed by atoms with Crippen molar-refractivity contribution in [2.75, 3.05) is 0 Å². The molecule has 0 atom stereocenters. The number of nitrogens with zero attached hydrogens (tertiary/aromatic N) is 2. The van der Waals surface area contributed by atoms with Crippen LogP contribution in [0.1, 0.15) is 25.0 Å². The van der Waals surface area contributed by atoms with E-state index in [2.05, 4.69) is 188 Å². The lowest BCUT2D eigenvalue weighted by molar-refractivity contribution is 0.660. The molecule has 0 unspecified atom stereocenters. The van der Waals surface area contributed by atoms with E-state index >= 15 is 0 Å². The Hall–Kier alpha value is -6.51. The van der Waals surface area contributed by atoms with E-state index in [4.69, 9.17) is 4.98 Å². The zero-order chi connectivity index (χ0) is 34.8. The number of aromatic nitrogens is 2. The largest absolute Gasteiger partial charge is 0.309 e. The van der Waals surface area contributed by atoms with Gasteiger partial charge >= 0.3 is 0 Å². The number of pyridine rings is 1. The summed E-state index contributed by atoms with van der Waals surface area (Å²) < 4.78 is 2.48. The molecule has 2 aromatic heterocycles. The number of benzene rings is 7. The van der Waals surface area contributed by atoms with Gasteiger partial charge in [0.15, 0.2) is 0 Å². The molecule has 10 rings (SSSR count). The van der Waals surface area contributed by atoms with Gasteiger partial charge in [-0.05, 0) is 92.0 Å². The molecule has 0 saturated heterocycles. The third-order valence-corrected chi connectivity index (χ3v) is 11.1. The first-order chi connectivity index (χ1) is 25.6. The van der Waals surface area contributed by atoms with Crippen LogP contribution in [0.3, 0.4) is 0 Å². The standard InChI is InChI=1S/C50H36N2/c1-50(2)46-22-11-9-18-40(46)41-25-24-35(31-47(41)50)45-32-51-27-26-39(45)43-20-13-21-44-42-19-10-12-23-48(42)52(49(43)44)38-29-36(33-14-5-3-6-15-33)28-37(30-38)34-16-7-4-8-17-34/h3-32H,1-2H3.